The van der Waals surface area contributed by atoms with Gasteiger partial charge in [0.25, 0.3) is 0 Å². The summed E-state index contributed by atoms with van der Waals surface area (Å²) in [7, 11) is -1.96. The van der Waals surface area contributed by atoms with Gasteiger partial charge in [-0.25, -0.2) is 0 Å². The van der Waals surface area contributed by atoms with Crippen molar-refractivity contribution >= 4 is 18.7 Å². The molecule has 0 saturated heterocycles. The molecule has 0 unspecified atom stereocenters. The van der Waals surface area contributed by atoms with E-state index in [-0.39, 0.29) is 29.6 Å². The van der Waals surface area contributed by atoms with E-state index in [9.17, 15) is 5.02 Å². The molecule has 0 fully saturated rings. The fourth-order valence-electron chi connectivity index (χ4n) is 1.01. The van der Waals surface area contributed by atoms with Crippen LogP contribution in [0.25, 0.3) is 0 Å². The summed E-state index contributed by atoms with van der Waals surface area (Å²) in [5.41, 5.74) is 0. The summed E-state index contributed by atoms with van der Waals surface area (Å²) < 4.78 is 4.59. The molecular weight excluding hydrogens is 210 g/mol. The van der Waals surface area contributed by atoms with Crippen molar-refractivity contribution in [3.05, 3.63) is 17.0 Å². The maximum atomic E-state index is 10.3. The average molecular weight is 222 g/mol. The van der Waals surface area contributed by atoms with E-state index in [1.807, 2.05) is 6.07 Å². The number of hydrogen-bond donors (Lipinski definition) is 1. The van der Waals surface area contributed by atoms with Gasteiger partial charge in [0.05, 0.1) is 0 Å². The predicted molar refractivity (Wildman–Crippen MR) is 51.5 cm³/mol. The van der Waals surface area contributed by atoms with Crippen molar-refractivity contribution in [2.24, 2.45) is 0 Å². The first-order chi connectivity index (χ1) is 6.22. The zero-order valence-corrected chi connectivity index (χ0v) is 11.3. The van der Waals surface area contributed by atoms with Gasteiger partial charge in [-0.1, -0.05) is 13.3 Å². The topological polar surface area (TPSA) is 52.5 Å². The number of hydrogen-bond acceptors (Lipinski definition) is 4. The molecular formula is C8H12BNaO3S. The van der Waals surface area contributed by atoms with Crippen LogP contribution in [-0.4, -0.2) is 12.3 Å². The third kappa shape index (κ3) is 5.39. The summed E-state index contributed by atoms with van der Waals surface area (Å²) in [6, 6.07) is 3.65. The standard InChI is InChI=1S/C8H12BO3S.Na/c1-2-3-4-7-5-6-8(13-7)12-9(10)11;/h5-6,10H,2-4H2,1H3;/q-1;+1. The van der Waals surface area contributed by atoms with Crippen molar-refractivity contribution in [2.75, 3.05) is 0 Å². The molecule has 0 atom stereocenters. The molecule has 1 N–H and O–H groups in total. The maximum absolute atomic E-state index is 10.3. The Kier molecular flexibility index (Phi) is 8.00. The smallest absolute Gasteiger partial charge is 0.820 e. The zero-order chi connectivity index (χ0) is 9.68. The van der Waals surface area contributed by atoms with Gasteiger partial charge < -0.3 is 14.7 Å². The fourth-order valence-corrected chi connectivity index (χ4v) is 1.91. The monoisotopic (exact) mass is 222 g/mol. The van der Waals surface area contributed by atoms with Crippen LogP contribution < -0.4 is 39.2 Å². The number of rotatable bonds is 5. The molecule has 0 amide bonds. The van der Waals surface area contributed by atoms with E-state index < -0.39 is 7.32 Å². The molecule has 0 aliphatic rings. The third-order valence-electron chi connectivity index (χ3n) is 1.63. The van der Waals surface area contributed by atoms with Gasteiger partial charge in [0.2, 0.25) is 0 Å². The van der Waals surface area contributed by atoms with Gasteiger partial charge in [-0.05, 0) is 25.0 Å². The molecule has 1 rings (SSSR count). The van der Waals surface area contributed by atoms with Crippen LogP contribution in [0.5, 0.6) is 5.06 Å². The van der Waals surface area contributed by atoms with Crippen molar-refractivity contribution in [1.82, 2.24) is 0 Å². The summed E-state index contributed by atoms with van der Waals surface area (Å²) in [6.45, 7) is 2.13. The van der Waals surface area contributed by atoms with Crippen molar-refractivity contribution in [3.63, 3.8) is 0 Å². The van der Waals surface area contributed by atoms with Gasteiger partial charge in [0.1, 0.15) is 0 Å². The third-order valence-corrected chi connectivity index (χ3v) is 2.67. The number of thiophene rings is 1. The molecule has 6 heteroatoms. The van der Waals surface area contributed by atoms with Gasteiger partial charge in [-0.3, -0.25) is 0 Å². The van der Waals surface area contributed by atoms with E-state index in [0.29, 0.717) is 5.06 Å². The van der Waals surface area contributed by atoms with Crippen LogP contribution >= 0.6 is 11.3 Å². The Morgan fingerprint density at radius 2 is 2.29 bits per heavy atom. The van der Waals surface area contributed by atoms with E-state index in [2.05, 4.69) is 11.6 Å². The fraction of sp³-hybridized carbons (Fsp3) is 0.500. The second kappa shape index (κ2) is 7.73. The summed E-state index contributed by atoms with van der Waals surface area (Å²) in [5.74, 6) is 0. The molecule has 1 aromatic heterocycles. The Labute approximate surface area is 111 Å². The normalized spacial score (nSPS) is 9.36. The minimum Gasteiger partial charge on any atom is -0.820 e. The largest absolute Gasteiger partial charge is 1.00 e. The predicted octanol–water partition coefficient (Wildman–Crippen LogP) is -2.19. The molecule has 1 aromatic rings. The van der Waals surface area contributed by atoms with Crippen LogP contribution in [0.15, 0.2) is 12.1 Å². The molecule has 0 saturated carbocycles. The van der Waals surface area contributed by atoms with Gasteiger partial charge in [-0.15, -0.1) is 11.3 Å². The SMILES string of the molecule is CCCCc1ccc(OB([O-])O)s1.[Na+]. The van der Waals surface area contributed by atoms with Gasteiger partial charge in [0.15, 0.2) is 5.06 Å². The number of aryl methyl sites for hydroxylation is 1. The molecule has 14 heavy (non-hydrogen) atoms. The summed E-state index contributed by atoms with van der Waals surface area (Å²) in [4.78, 5) is 1.19. The van der Waals surface area contributed by atoms with Crippen LogP contribution in [0.4, 0.5) is 0 Å². The first kappa shape index (κ1) is 14.5. The van der Waals surface area contributed by atoms with Gasteiger partial charge in [-0.2, -0.15) is 0 Å². The van der Waals surface area contributed by atoms with Gasteiger partial charge in [0, 0.05) is 4.88 Å². The Balaban J connectivity index is 0.00000169. The molecule has 0 aliphatic heterocycles. The van der Waals surface area contributed by atoms with Crippen molar-refractivity contribution in [1.29, 1.82) is 0 Å². The van der Waals surface area contributed by atoms with Crippen molar-refractivity contribution < 1.29 is 44.3 Å². The second-order valence-electron chi connectivity index (χ2n) is 2.75. The zero-order valence-electron chi connectivity index (χ0n) is 8.53. The summed E-state index contributed by atoms with van der Waals surface area (Å²) >= 11 is 1.42. The molecule has 72 valence electrons. The minimum absolute atomic E-state index is 0. The Hall–Kier alpha value is 0.485. The Morgan fingerprint density at radius 1 is 1.57 bits per heavy atom. The molecule has 0 aromatic carbocycles. The van der Waals surface area contributed by atoms with E-state index in [0.717, 1.165) is 19.3 Å². The van der Waals surface area contributed by atoms with Crippen LogP contribution in [0.3, 0.4) is 0 Å². The Morgan fingerprint density at radius 3 is 2.86 bits per heavy atom. The first-order valence-corrected chi connectivity index (χ1v) is 5.13. The van der Waals surface area contributed by atoms with Crippen LogP contribution in [-0.2, 0) is 6.42 Å². The van der Waals surface area contributed by atoms with E-state index in [4.69, 9.17) is 5.02 Å². The summed E-state index contributed by atoms with van der Waals surface area (Å²) in [5, 5.41) is 19.2. The van der Waals surface area contributed by atoms with E-state index in [1.54, 1.807) is 6.07 Å². The second-order valence-corrected chi connectivity index (χ2v) is 3.88. The van der Waals surface area contributed by atoms with Gasteiger partial charge >= 0.3 is 36.9 Å². The minimum atomic E-state index is -1.96. The van der Waals surface area contributed by atoms with Crippen LogP contribution in [0.1, 0.15) is 24.6 Å². The number of unbranched alkanes of at least 4 members (excludes halogenated alkanes) is 1. The van der Waals surface area contributed by atoms with E-state index >= 15 is 0 Å². The van der Waals surface area contributed by atoms with Crippen molar-refractivity contribution in [2.45, 2.75) is 26.2 Å². The molecule has 0 spiro atoms. The average Bonchev–Trinajstić information content (AvgIpc) is 2.48. The molecule has 0 aliphatic carbocycles. The maximum Gasteiger partial charge on any atom is 1.00 e. The molecule has 1 heterocycles. The quantitative estimate of drug-likeness (QED) is 0.576. The molecule has 0 bridgehead atoms. The van der Waals surface area contributed by atoms with Crippen LogP contribution in [0, 0.1) is 0 Å². The molecule has 0 radical (unpaired) electrons. The molecule has 3 nitrogen and oxygen atoms in total. The van der Waals surface area contributed by atoms with Crippen molar-refractivity contribution in [3.8, 4) is 5.06 Å². The van der Waals surface area contributed by atoms with Crippen LogP contribution in [0.2, 0.25) is 0 Å². The first-order valence-electron chi connectivity index (χ1n) is 4.31. The van der Waals surface area contributed by atoms with E-state index in [1.165, 1.54) is 16.2 Å². The summed E-state index contributed by atoms with van der Waals surface area (Å²) in [6.07, 6.45) is 3.30. The Bertz CT molecular complexity index is 254.